The van der Waals surface area contributed by atoms with Gasteiger partial charge in [0.15, 0.2) is 0 Å². The van der Waals surface area contributed by atoms with Crippen LogP contribution in [0.15, 0.2) is 35.2 Å². The van der Waals surface area contributed by atoms with Crippen LogP contribution < -0.4 is 0 Å². The van der Waals surface area contributed by atoms with E-state index in [0.717, 1.165) is 18.7 Å². The molecule has 1 aromatic carbocycles. The molecule has 1 aromatic rings. The summed E-state index contributed by atoms with van der Waals surface area (Å²) in [6.07, 6.45) is 2.21. The molecular formula is C13H15ClS2. The largest absolute Gasteiger partial charge is 0.129 e. The maximum atomic E-state index is 5.78. The fourth-order valence-corrected chi connectivity index (χ4v) is 4.41. The van der Waals surface area contributed by atoms with Gasteiger partial charge in [0.25, 0.3) is 0 Å². The van der Waals surface area contributed by atoms with E-state index < -0.39 is 0 Å². The Morgan fingerprint density at radius 2 is 1.81 bits per heavy atom. The molecule has 86 valence electrons. The molecule has 0 spiro atoms. The first-order valence-electron chi connectivity index (χ1n) is 5.52. The lowest BCUT2D eigenvalue weighted by molar-refractivity contribution is 0.957. The lowest BCUT2D eigenvalue weighted by Crippen LogP contribution is -1.98. The maximum absolute atomic E-state index is 5.78. The highest BCUT2D eigenvalue weighted by molar-refractivity contribution is 8.13. The summed E-state index contributed by atoms with van der Waals surface area (Å²) in [4.78, 5) is 3.00. The zero-order chi connectivity index (χ0) is 11.2. The van der Waals surface area contributed by atoms with Gasteiger partial charge >= 0.3 is 0 Å². The van der Waals surface area contributed by atoms with Crippen LogP contribution >= 0.6 is 35.1 Å². The highest BCUT2D eigenvalue weighted by Crippen LogP contribution is 2.42. The Labute approximate surface area is 111 Å². The number of rotatable bonds is 4. The summed E-state index contributed by atoms with van der Waals surface area (Å²) in [6, 6.07) is 10.7. The molecule has 0 aliphatic carbocycles. The van der Waals surface area contributed by atoms with Crippen LogP contribution in [0.4, 0.5) is 0 Å². The van der Waals surface area contributed by atoms with Crippen LogP contribution in [-0.4, -0.2) is 17.4 Å². The molecule has 0 N–H and O–H groups in total. The van der Waals surface area contributed by atoms with Gasteiger partial charge in [0.2, 0.25) is 0 Å². The first kappa shape index (κ1) is 12.4. The smallest absolute Gasteiger partial charge is 0.0240 e. The average molecular weight is 271 g/mol. The summed E-state index contributed by atoms with van der Waals surface area (Å²) in [5.74, 6) is 3.22. The molecular weight excluding hydrogens is 256 g/mol. The topological polar surface area (TPSA) is 0 Å². The molecule has 0 amide bonds. The number of allylic oxidation sites excluding steroid dienone is 1. The standard InChI is InChI=1S/C13H15ClS2/c14-8-4-7-12-13(16-10-9-15-12)11-5-2-1-3-6-11/h1-3,5-6H,4,7-10H2. The van der Waals surface area contributed by atoms with E-state index in [-0.39, 0.29) is 0 Å². The Hall–Kier alpha value is -0.0500. The molecule has 0 atom stereocenters. The molecule has 3 heteroatoms. The van der Waals surface area contributed by atoms with E-state index in [9.17, 15) is 0 Å². The molecule has 0 bridgehead atoms. The Bertz CT molecular complexity index is 359. The predicted molar refractivity (Wildman–Crippen MR) is 78.2 cm³/mol. The van der Waals surface area contributed by atoms with E-state index in [1.54, 1.807) is 0 Å². The zero-order valence-electron chi connectivity index (χ0n) is 9.12. The summed E-state index contributed by atoms with van der Waals surface area (Å²) in [6.45, 7) is 0. The van der Waals surface area contributed by atoms with E-state index in [1.165, 1.54) is 26.9 Å². The van der Waals surface area contributed by atoms with Gasteiger partial charge in [-0.15, -0.1) is 35.1 Å². The fourth-order valence-electron chi connectivity index (χ4n) is 1.70. The van der Waals surface area contributed by atoms with Crippen molar-refractivity contribution in [1.29, 1.82) is 0 Å². The van der Waals surface area contributed by atoms with Gasteiger partial charge in [0, 0.05) is 22.3 Å². The summed E-state index contributed by atoms with van der Waals surface area (Å²) < 4.78 is 0. The molecule has 0 radical (unpaired) electrons. The lowest BCUT2D eigenvalue weighted by atomic mass is 10.2. The Morgan fingerprint density at radius 1 is 1.06 bits per heavy atom. The van der Waals surface area contributed by atoms with Gasteiger partial charge in [-0.05, 0) is 23.3 Å². The van der Waals surface area contributed by atoms with Gasteiger partial charge in [-0.2, -0.15) is 0 Å². The van der Waals surface area contributed by atoms with Crippen molar-refractivity contribution >= 4 is 40.0 Å². The highest BCUT2D eigenvalue weighted by atomic mass is 35.5. The van der Waals surface area contributed by atoms with Crippen molar-refractivity contribution in [3.63, 3.8) is 0 Å². The predicted octanol–water partition coefficient (Wildman–Crippen LogP) is 4.85. The Morgan fingerprint density at radius 3 is 2.56 bits per heavy atom. The van der Waals surface area contributed by atoms with E-state index in [2.05, 4.69) is 30.3 Å². The van der Waals surface area contributed by atoms with Crippen LogP contribution in [0.5, 0.6) is 0 Å². The van der Waals surface area contributed by atoms with Gasteiger partial charge in [0.05, 0.1) is 0 Å². The normalized spacial score (nSPS) is 16.6. The lowest BCUT2D eigenvalue weighted by Gasteiger charge is -2.19. The van der Waals surface area contributed by atoms with Crippen LogP contribution in [0.25, 0.3) is 4.91 Å². The Balaban J connectivity index is 2.22. The third kappa shape index (κ3) is 3.22. The molecule has 2 rings (SSSR count). The summed E-state index contributed by atoms with van der Waals surface area (Å²) >= 11 is 9.77. The zero-order valence-corrected chi connectivity index (χ0v) is 11.5. The number of alkyl halides is 1. The number of halogens is 1. The van der Waals surface area contributed by atoms with E-state index >= 15 is 0 Å². The molecule has 1 aliphatic heterocycles. The third-order valence-electron chi connectivity index (χ3n) is 2.43. The first-order valence-corrected chi connectivity index (χ1v) is 8.02. The second-order valence-electron chi connectivity index (χ2n) is 3.61. The molecule has 0 saturated carbocycles. The van der Waals surface area contributed by atoms with Crippen molar-refractivity contribution in [2.24, 2.45) is 0 Å². The minimum Gasteiger partial charge on any atom is -0.129 e. The van der Waals surface area contributed by atoms with Gasteiger partial charge < -0.3 is 0 Å². The molecule has 0 nitrogen and oxygen atoms in total. The second kappa shape index (κ2) is 6.63. The van der Waals surface area contributed by atoms with Gasteiger partial charge in [-0.3, -0.25) is 0 Å². The van der Waals surface area contributed by atoms with Crippen molar-refractivity contribution < 1.29 is 0 Å². The summed E-state index contributed by atoms with van der Waals surface area (Å²) in [7, 11) is 0. The fraction of sp³-hybridized carbons (Fsp3) is 0.385. The Kier molecular flexibility index (Phi) is 5.14. The first-order chi connectivity index (χ1) is 7.92. The molecule has 0 fully saturated rings. The number of hydrogen-bond donors (Lipinski definition) is 0. The van der Waals surface area contributed by atoms with E-state index in [1.807, 2.05) is 23.5 Å². The quantitative estimate of drug-likeness (QED) is 0.717. The highest BCUT2D eigenvalue weighted by Gasteiger charge is 2.14. The minimum absolute atomic E-state index is 0.761. The van der Waals surface area contributed by atoms with Crippen molar-refractivity contribution in [3.8, 4) is 0 Å². The van der Waals surface area contributed by atoms with Gasteiger partial charge in [-0.25, -0.2) is 0 Å². The van der Waals surface area contributed by atoms with Crippen LogP contribution in [-0.2, 0) is 0 Å². The van der Waals surface area contributed by atoms with Gasteiger partial charge in [0.1, 0.15) is 0 Å². The van der Waals surface area contributed by atoms with Crippen LogP contribution in [0.2, 0.25) is 0 Å². The minimum atomic E-state index is 0.761. The molecule has 0 unspecified atom stereocenters. The van der Waals surface area contributed by atoms with Crippen molar-refractivity contribution in [1.82, 2.24) is 0 Å². The molecule has 1 aliphatic rings. The van der Waals surface area contributed by atoms with Crippen molar-refractivity contribution in [3.05, 3.63) is 40.8 Å². The number of thioether (sulfide) groups is 2. The van der Waals surface area contributed by atoms with Gasteiger partial charge in [-0.1, -0.05) is 30.3 Å². The number of hydrogen-bond acceptors (Lipinski definition) is 2. The maximum Gasteiger partial charge on any atom is 0.0240 e. The van der Waals surface area contributed by atoms with Crippen LogP contribution in [0, 0.1) is 0 Å². The molecule has 0 aromatic heterocycles. The summed E-state index contributed by atoms with van der Waals surface area (Å²) in [5, 5.41) is 0. The molecule has 16 heavy (non-hydrogen) atoms. The molecule has 1 heterocycles. The van der Waals surface area contributed by atoms with E-state index in [0.29, 0.717) is 0 Å². The second-order valence-corrected chi connectivity index (χ2v) is 6.28. The number of benzene rings is 1. The average Bonchev–Trinajstić information content (AvgIpc) is 2.38. The third-order valence-corrected chi connectivity index (χ3v) is 5.43. The van der Waals surface area contributed by atoms with Crippen LogP contribution in [0.3, 0.4) is 0 Å². The molecule has 0 saturated heterocycles. The van der Waals surface area contributed by atoms with E-state index in [4.69, 9.17) is 11.6 Å². The van der Waals surface area contributed by atoms with Crippen molar-refractivity contribution in [2.45, 2.75) is 12.8 Å². The SMILES string of the molecule is ClCCCC1=C(c2ccccc2)SCCS1. The summed E-state index contributed by atoms with van der Waals surface area (Å²) in [5.41, 5.74) is 1.37. The van der Waals surface area contributed by atoms with Crippen LogP contribution in [0.1, 0.15) is 18.4 Å². The monoisotopic (exact) mass is 270 g/mol. The van der Waals surface area contributed by atoms with Crippen molar-refractivity contribution in [2.75, 3.05) is 17.4 Å².